The molecule has 0 aromatic heterocycles. The number of nitrogens with two attached hydrogens (primary N) is 1. The van der Waals surface area contributed by atoms with Gasteiger partial charge in [0.15, 0.2) is 0 Å². The average Bonchev–Trinajstić information content (AvgIpc) is 2.45. The summed E-state index contributed by atoms with van der Waals surface area (Å²) in [5.41, 5.74) is 6.83. The summed E-state index contributed by atoms with van der Waals surface area (Å²) in [6, 6.07) is 10.6. The Labute approximate surface area is 126 Å². The molecule has 0 spiro atoms. The van der Waals surface area contributed by atoms with E-state index in [2.05, 4.69) is 17.2 Å². The minimum absolute atomic E-state index is 0.0616. The van der Waals surface area contributed by atoms with Gasteiger partial charge in [-0.3, -0.25) is 4.79 Å². The smallest absolute Gasteiger partial charge is 0.257 e. The van der Waals surface area contributed by atoms with Crippen LogP contribution >= 0.6 is 11.6 Å². The lowest BCUT2D eigenvalue weighted by atomic mass is 10.1. The summed E-state index contributed by atoms with van der Waals surface area (Å²) in [5.74, 6) is 4.71. The van der Waals surface area contributed by atoms with Gasteiger partial charge in [-0.15, -0.1) is 0 Å². The Hall–Kier alpha value is -2.35. The number of anilines is 1. The lowest BCUT2D eigenvalue weighted by Crippen LogP contribution is -2.12. The van der Waals surface area contributed by atoms with E-state index < -0.39 is 11.7 Å². The van der Waals surface area contributed by atoms with Crippen LogP contribution in [0.5, 0.6) is 0 Å². The number of amides is 1. The molecule has 0 aliphatic carbocycles. The van der Waals surface area contributed by atoms with Gasteiger partial charge < -0.3 is 11.1 Å². The van der Waals surface area contributed by atoms with Crippen molar-refractivity contribution >= 4 is 23.2 Å². The molecule has 0 unspecified atom stereocenters. The quantitative estimate of drug-likeness (QED) is 0.838. The van der Waals surface area contributed by atoms with E-state index in [-0.39, 0.29) is 17.1 Å². The Morgan fingerprint density at radius 1 is 1.29 bits per heavy atom. The number of hydrogen-bond donors (Lipinski definition) is 2. The molecule has 3 N–H and O–H groups in total. The van der Waals surface area contributed by atoms with Gasteiger partial charge in [-0.05, 0) is 36.4 Å². The molecule has 106 valence electrons. The molecule has 0 aliphatic rings. The first-order valence-corrected chi connectivity index (χ1v) is 6.53. The lowest BCUT2D eigenvalue weighted by Gasteiger charge is -2.07. The van der Waals surface area contributed by atoms with E-state index in [0.29, 0.717) is 5.69 Å². The van der Waals surface area contributed by atoms with Crippen LogP contribution in [-0.4, -0.2) is 12.5 Å². The lowest BCUT2D eigenvalue weighted by molar-refractivity contribution is 0.102. The maximum atomic E-state index is 13.0. The van der Waals surface area contributed by atoms with Gasteiger partial charge in [-0.1, -0.05) is 29.5 Å². The van der Waals surface area contributed by atoms with Gasteiger partial charge in [-0.25, -0.2) is 4.39 Å². The normalized spacial score (nSPS) is 9.67. The number of benzene rings is 2. The number of carbonyl (C=O) groups excluding carboxylic acids is 1. The molecule has 0 heterocycles. The van der Waals surface area contributed by atoms with Gasteiger partial charge in [0.25, 0.3) is 5.91 Å². The third kappa shape index (κ3) is 4.06. The summed E-state index contributed by atoms with van der Waals surface area (Å²) in [5, 5.41) is 2.75. The molecule has 1 amide bonds. The highest BCUT2D eigenvalue weighted by molar-refractivity contribution is 6.34. The van der Waals surface area contributed by atoms with Crippen LogP contribution in [0.3, 0.4) is 0 Å². The van der Waals surface area contributed by atoms with Crippen LogP contribution < -0.4 is 11.1 Å². The topological polar surface area (TPSA) is 55.1 Å². The van der Waals surface area contributed by atoms with Crippen molar-refractivity contribution in [1.82, 2.24) is 0 Å². The van der Waals surface area contributed by atoms with E-state index in [4.69, 9.17) is 17.3 Å². The van der Waals surface area contributed by atoms with Crippen molar-refractivity contribution in [2.24, 2.45) is 5.73 Å². The summed E-state index contributed by atoms with van der Waals surface area (Å²) in [6.07, 6.45) is 0. The van der Waals surface area contributed by atoms with Gasteiger partial charge in [0.2, 0.25) is 0 Å². The fourth-order valence-corrected chi connectivity index (χ4v) is 1.95. The van der Waals surface area contributed by atoms with E-state index in [0.717, 1.165) is 11.6 Å². The molecule has 2 rings (SSSR count). The largest absolute Gasteiger partial charge is 0.322 e. The van der Waals surface area contributed by atoms with E-state index in [1.165, 1.54) is 12.1 Å². The standard InChI is InChI=1S/C16H12ClFN2O/c17-15-10-12(18)6-7-14(15)16(21)20-13-5-1-3-11(9-13)4-2-8-19/h1,3,5-7,9-10H,8,19H2,(H,20,21). The van der Waals surface area contributed by atoms with E-state index in [1.807, 2.05) is 6.07 Å². The fourth-order valence-electron chi connectivity index (χ4n) is 1.70. The van der Waals surface area contributed by atoms with Gasteiger partial charge in [0, 0.05) is 11.3 Å². The van der Waals surface area contributed by atoms with Crippen molar-refractivity contribution in [3.8, 4) is 11.8 Å². The summed E-state index contributed by atoms with van der Waals surface area (Å²) in [6.45, 7) is 0.266. The summed E-state index contributed by atoms with van der Waals surface area (Å²) in [7, 11) is 0. The molecular weight excluding hydrogens is 291 g/mol. The third-order valence-electron chi connectivity index (χ3n) is 2.63. The predicted molar refractivity (Wildman–Crippen MR) is 81.7 cm³/mol. The number of carbonyl (C=O) groups is 1. The van der Waals surface area contributed by atoms with Crippen LogP contribution in [0.2, 0.25) is 5.02 Å². The Morgan fingerprint density at radius 2 is 2.10 bits per heavy atom. The van der Waals surface area contributed by atoms with Crippen LogP contribution in [0, 0.1) is 17.7 Å². The number of halogens is 2. The van der Waals surface area contributed by atoms with Crippen molar-refractivity contribution < 1.29 is 9.18 Å². The number of nitrogens with one attached hydrogen (secondary N) is 1. The first-order valence-electron chi connectivity index (χ1n) is 6.15. The fraction of sp³-hybridized carbons (Fsp3) is 0.0625. The highest BCUT2D eigenvalue weighted by Gasteiger charge is 2.11. The molecule has 0 aliphatic heterocycles. The molecule has 2 aromatic rings. The van der Waals surface area contributed by atoms with Crippen molar-refractivity contribution in [2.45, 2.75) is 0 Å². The summed E-state index contributed by atoms with van der Waals surface area (Å²) < 4.78 is 13.0. The van der Waals surface area contributed by atoms with E-state index in [1.54, 1.807) is 18.2 Å². The van der Waals surface area contributed by atoms with Crippen LogP contribution in [-0.2, 0) is 0 Å². The van der Waals surface area contributed by atoms with E-state index in [9.17, 15) is 9.18 Å². The van der Waals surface area contributed by atoms with Crippen LogP contribution in [0.25, 0.3) is 0 Å². The van der Waals surface area contributed by atoms with Gasteiger partial charge in [-0.2, -0.15) is 0 Å². The van der Waals surface area contributed by atoms with Crippen molar-refractivity contribution in [3.05, 3.63) is 64.4 Å². The molecule has 0 saturated heterocycles. The van der Waals surface area contributed by atoms with Crippen LogP contribution in [0.4, 0.5) is 10.1 Å². The molecule has 0 saturated carbocycles. The Balaban J connectivity index is 2.19. The third-order valence-corrected chi connectivity index (χ3v) is 2.94. The minimum atomic E-state index is -0.490. The molecule has 2 aromatic carbocycles. The summed E-state index contributed by atoms with van der Waals surface area (Å²) in [4.78, 5) is 12.1. The zero-order valence-electron chi connectivity index (χ0n) is 11.0. The van der Waals surface area contributed by atoms with Crippen molar-refractivity contribution in [3.63, 3.8) is 0 Å². The Bertz CT molecular complexity index is 735. The van der Waals surface area contributed by atoms with Crippen molar-refractivity contribution in [2.75, 3.05) is 11.9 Å². The highest BCUT2D eigenvalue weighted by Crippen LogP contribution is 2.19. The molecule has 0 bridgehead atoms. The highest BCUT2D eigenvalue weighted by atomic mass is 35.5. The number of hydrogen-bond acceptors (Lipinski definition) is 2. The van der Waals surface area contributed by atoms with Gasteiger partial charge >= 0.3 is 0 Å². The SMILES string of the molecule is NCC#Cc1cccc(NC(=O)c2ccc(F)cc2Cl)c1. The Kier molecular flexibility index (Phi) is 4.94. The Morgan fingerprint density at radius 3 is 2.81 bits per heavy atom. The first kappa shape index (κ1) is 15.0. The average molecular weight is 303 g/mol. The van der Waals surface area contributed by atoms with Crippen LogP contribution in [0.1, 0.15) is 15.9 Å². The zero-order valence-corrected chi connectivity index (χ0v) is 11.7. The predicted octanol–water partition coefficient (Wildman–Crippen LogP) is 3.04. The zero-order chi connectivity index (χ0) is 15.2. The summed E-state index contributed by atoms with van der Waals surface area (Å²) >= 11 is 5.85. The minimum Gasteiger partial charge on any atom is -0.322 e. The van der Waals surface area contributed by atoms with Gasteiger partial charge in [0.05, 0.1) is 17.1 Å². The first-order chi connectivity index (χ1) is 10.1. The van der Waals surface area contributed by atoms with E-state index >= 15 is 0 Å². The second-order valence-electron chi connectivity index (χ2n) is 4.16. The molecule has 0 atom stereocenters. The monoisotopic (exact) mass is 302 g/mol. The molecule has 21 heavy (non-hydrogen) atoms. The molecular formula is C16H12ClFN2O. The van der Waals surface area contributed by atoms with Gasteiger partial charge in [0.1, 0.15) is 5.82 Å². The van der Waals surface area contributed by atoms with Crippen LogP contribution in [0.15, 0.2) is 42.5 Å². The maximum Gasteiger partial charge on any atom is 0.257 e. The molecule has 0 radical (unpaired) electrons. The second-order valence-corrected chi connectivity index (χ2v) is 4.57. The molecule has 5 heteroatoms. The molecule has 3 nitrogen and oxygen atoms in total. The number of rotatable bonds is 2. The maximum absolute atomic E-state index is 13.0. The van der Waals surface area contributed by atoms with Crippen molar-refractivity contribution in [1.29, 1.82) is 0 Å². The molecule has 0 fully saturated rings. The second kappa shape index (κ2) is 6.89.